The minimum atomic E-state index is -0.500. The van der Waals surface area contributed by atoms with E-state index in [2.05, 4.69) is 37.9 Å². The molecule has 21 heavy (non-hydrogen) atoms. The predicted molar refractivity (Wildman–Crippen MR) is 82.1 cm³/mol. The van der Waals surface area contributed by atoms with Gasteiger partial charge in [-0.1, -0.05) is 13.8 Å². The Labute approximate surface area is 126 Å². The minimum absolute atomic E-state index is 0.0271. The average molecular weight is 296 g/mol. The van der Waals surface area contributed by atoms with Crippen LogP contribution in [0.4, 0.5) is 8.78 Å². The summed E-state index contributed by atoms with van der Waals surface area (Å²) in [6.07, 6.45) is 1.08. The maximum absolute atomic E-state index is 13.4. The summed E-state index contributed by atoms with van der Waals surface area (Å²) in [5.41, 5.74) is 0.734. The standard InChI is InChI=1S/C17H26F2N2/c1-12(2)5-16-9-20-17(3,4)11-21(16)10-13-6-14(18)8-15(19)7-13/h6-8,12,16,20H,5,9-11H2,1-4H3. The molecule has 0 amide bonds. The fourth-order valence-electron chi connectivity index (χ4n) is 3.11. The number of nitrogens with zero attached hydrogens (tertiary/aromatic N) is 1. The van der Waals surface area contributed by atoms with Crippen LogP contribution < -0.4 is 5.32 Å². The number of nitrogens with one attached hydrogen (secondary N) is 1. The molecule has 0 radical (unpaired) electrons. The van der Waals surface area contributed by atoms with Gasteiger partial charge in [-0.3, -0.25) is 4.90 Å². The minimum Gasteiger partial charge on any atom is -0.309 e. The van der Waals surface area contributed by atoms with Gasteiger partial charge in [-0.2, -0.15) is 0 Å². The highest BCUT2D eigenvalue weighted by Gasteiger charge is 2.32. The molecule has 2 rings (SSSR count). The van der Waals surface area contributed by atoms with Crippen LogP contribution in [0.15, 0.2) is 18.2 Å². The molecule has 1 fully saturated rings. The number of rotatable bonds is 4. The van der Waals surface area contributed by atoms with Crippen molar-refractivity contribution in [3.05, 3.63) is 35.4 Å². The quantitative estimate of drug-likeness (QED) is 0.914. The molecule has 1 aromatic rings. The molecule has 1 N–H and O–H groups in total. The van der Waals surface area contributed by atoms with Gasteiger partial charge in [-0.15, -0.1) is 0 Å². The van der Waals surface area contributed by atoms with E-state index in [0.717, 1.165) is 25.6 Å². The third-order valence-corrected chi connectivity index (χ3v) is 3.98. The van der Waals surface area contributed by atoms with E-state index in [4.69, 9.17) is 0 Å². The highest BCUT2D eigenvalue weighted by atomic mass is 19.1. The molecule has 0 aliphatic carbocycles. The van der Waals surface area contributed by atoms with Crippen LogP contribution in [0.3, 0.4) is 0 Å². The number of halogens is 2. The largest absolute Gasteiger partial charge is 0.309 e. The molecule has 118 valence electrons. The van der Waals surface area contributed by atoms with Crippen LogP contribution in [0, 0.1) is 17.6 Å². The van der Waals surface area contributed by atoms with Gasteiger partial charge in [-0.25, -0.2) is 8.78 Å². The van der Waals surface area contributed by atoms with E-state index in [1.54, 1.807) is 0 Å². The Kier molecular flexibility index (Phi) is 4.99. The van der Waals surface area contributed by atoms with Crippen molar-refractivity contribution in [3.8, 4) is 0 Å². The van der Waals surface area contributed by atoms with Crippen molar-refractivity contribution < 1.29 is 8.78 Å². The first-order chi connectivity index (χ1) is 9.75. The van der Waals surface area contributed by atoms with Crippen molar-refractivity contribution in [1.82, 2.24) is 10.2 Å². The van der Waals surface area contributed by atoms with Crippen molar-refractivity contribution in [1.29, 1.82) is 0 Å². The van der Waals surface area contributed by atoms with E-state index in [9.17, 15) is 8.78 Å². The Morgan fingerprint density at radius 1 is 1.24 bits per heavy atom. The molecule has 2 nitrogen and oxygen atoms in total. The normalized spacial score (nSPS) is 22.7. The van der Waals surface area contributed by atoms with Crippen LogP contribution in [0.2, 0.25) is 0 Å². The van der Waals surface area contributed by atoms with Crippen LogP contribution in [0.5, 0.6) is 0 Å². The zero-order chi connectivity index (χ0) is 15.6. The van der Waals surface area contributed by atoms with E-state index < -0.39 is 11.6 Å². The van der Waals surface area contributed by atoms with Gasteiger partial charge in [0.15, 0.2) is 0 Å². The summed E-state index contributed by atoms with van der Waals surface area (Å²) >= 11 is 0. The lowest BCUT2D eigenvalue weighted by atomic mass is 9.93. The molecule has 0 saturated carbocycles. The fourth-order valence-corrected chi connectivity index (χ4v) is 3.11. The van der Waals surface area contributed by atoms with Crippen LogP contribution >= 0.6 is 0 Å². The van der Waals surface area contributed by atoms with Gasteiger partial charge >= 0.3 is 0 Å². The summed E-state index contributed by atoms with van der Waals surface area (Å²) in [7, 11) is 0. The molecule has 1 aromatic carbocycles. The van der Waals surface area contributed by atoms with E-state index in [1.807, 2.05) is 0 Å². The second-order valence-corrected chi connectivity index (χ2v) is 7.23. The second-order valence-electron chi connectivity index (χ2n) is 7.23. The Bertz CT molecular complexity index is 465. The van der Waals surface area contributed by atoms with Crippen LogP contribution in [0.1, 0.15) is 39.7 Å². The highest BCUT2D eigenvalue weighted by Crippen LogP contribution is 2.23. The van der Waals surface area contributed by atoms with E-state index in [0.29, 0.717) is 24.1 Å². The van der Waals surface area contributed by atoms with E-state index >= 15 is 0 Å². The van der Waals surface area contributed by atoms with Gasteiger partial charge in [0.25, 0.3) is 0 Å². The molecule has 0 spiro atoms. The molecule has 1 aliphatic rings. The van der Waals surface area contributed by atoms with E-state index in [-0.39, 0.29) is 5.54 Å². The average Bonchev–Trinajstić information content (AvgIpc) is 2.30. The fraction of sp³-hybridized carbons (Fsp3) is 0.647. The van der Waals surface area contributed by atoms with Crippen molar-refractivity contribution in [2.75, 3.05) is 13.1 Å². The van der Waals surface area contributed by atoms with Crippen molar-refractivity contribution in [2.24, 2.45) is 5.92 Å². The van der Waals surface area contributed by atoms with E-state index in [1.165, 1.54) is 12.1 Å². The van der Waals surface area contributed by atoms with Gasteiger partial charge in [0.1, 0.15) is 11.6 Å². The first kappa shape index (κ1) is 16.4. The first-order valence-corrected chi connectivity index (χ1v) is 7.69. The summed E-state index contributed by atoms with van der Waals surface area (Å²) in [6, 6.07) is 4.20. The summed E-state index contributed by atoms with van der Waals surface area (Å²) in [6.45, 7) is 11.1. The van der Waals surface area contributed by atoms with Crippen molar-refractivity contribution in [2.45, 2.75) is 52.2 Å². The second kappa shape index (κ2) is 6.41. The molecule has 1 aliphatic heterocycles. The molecule has 0 aromatic heterocycles. The van der Waals surface area contributed by atoms with Gasteiger partial charge < -0.3 is 5.32 Å². The lowest BCUT2D eigenvalue weighted by Gasteiger charge is -2.45. The van der Waals surface area contributed by atoms with Crippen LogP contribution in [-0.4, -0.2) is 29.6 Å². The summed E-state index contributed by atoms with van der Waals surface area (Å²) < 4.78 is 26.7. The summed E-state index contributed by atoms with van der Waals surface area (Å²) in [4.78, 5) is 2.35. The number of piperazine rings is 1. The monoisotopic (exact) mass is 296 g/mol. The van der Waals surface area contributed by atoms with Gasteiger partial charge in [0, 0.05) is 37.3 Å². The number of benzene rings is 1. The van der Waals surface area contributed by atoms with Gasteiger partial charge in [-0.05, 0) is 43.9 Å². The Balaban J connectivity index is 2.15. The zero-order valence-electron chi connectivity index (χ0n) is 13.4. The molecule has 4 heteroatoms. The van der Waals surface area contributed by atoms with Gasteiger partial charge in [0.05, 0.1) is 0 Å². The highest BCUT2D eigenvalue weighted by molar-refractivity contribution is 5.18. The maximum Gasteiger partial charge on any atom is 0.126 e. The third kappa shape index (κ3) is 4.75. The SMILES string of the molecule is CC(C)CC1CNC(C)(C)CN1Cc1cc(F)cc(F)c1. The van der Waals surface area contributed by atoms with Crippen molar-refractivity contribution in [3.63, 3.8) is 0 Å². The molecule has 1 unspecified atom stereocenters. The van der Waals surface area contributed by atoms with Crippen LogP contribution in [0.25, 0.3) is 0 Å². The molecule has 1 heterocycles. The Hall–Kier alpha value is -1.00. The number of hydrogen-bond donors (Lipinski definition) is 1. The lowest BCUT2D eigenvalue weighted by Crippen LogP contribution is -2.61. The molecular weight excluding hydrogens is 270 g/mol. The molecule has 0 bridgehead atoms. The Morgan fingerprint density at radius 3 is 2.43 bits per heavy atom. The first-order valence-electron chi connectivity index (χ1n) is 7.69. The predicted octanol–water partition coefficient (Wildman–Crippen LogP) is 3.56. The van der Waals surface area contributed by atoms with Gasteiger partial charge in [0.2, 0.25) is 0 Å². The lowest BCUT2D eigenvalue weighted by molar-refractivity contribution is 0.0758. The molecule has 1 atom stereocenters. The third-order valence-electron chi connectivity index (χ3n) is 3.98. The maximum atomic E-state index is 13.4. The van der Waals surface area contributed by atoms with Crippen LogP contribution in [-0.2, 0) is 6.54 Å². The molecular formula is C17H26F2N2. The Morgan fingerprint density at radius 2 is 1.86 bits per heavy atom. The zero-order valence-corrected chi connectivity index (χ0v) is 13.4. The summed E-state index contributed by atoms with van der Waals surface area (Å²) in [5, 5.41) is 3.56. The van der Waals surface area contributed by atoms with Crippen molar-refractivity contribution >= 4 is 0 Å². The molecule has 1 saturated heterocycles. The smallest absolute Gasteiger partial charge is 0.126 e. The number of hydrogen-bond acceptors (Lipinski definition) is 2. The summed E-state index contributed by atoms with van der Waals surface area (Å²) in [5.74, 6) is -0.399. The topological polar surface area (TPSA) is 15.3 Å².